The Hall–Kier alpha value is -2.48. The lowest BCUT2D eigenvalue weighted by Gasteiger charge is -2.41. The third-order valence-corrected chi connectivity index (χ3v) is 11.3. The number of carbonyl (C=O) groups is 2. The molecular formula is C29H43NO5Si. The number of rotatable bonds is 12. The van der Waals surface area contributed by atoms with Gasteiger partial charge in [0.15, 0.2) is 0 Å². The minimum atomic E-state index is -3.07. The first-order chi connectivity index (χ1) is 16.8. The van der Waals surface area contributed by atoms with Gasteiger partial charge < -0.3 is 9.53 Å². The lowest BCUT2D eigenvalue weighted by molar-refractivity contribution is -0.177. The van der Waals surface area contributed by atoms with Crippen molar-refractivity contribution in [3.8, 4) is 0 Å². The van der Waals surface area contributed by atoms with Gasteiger partial charge in [-0.2, -0.15) is 0 Å². The van der Waals surface area contributed by atoms with Crippen LogP contribution in [0.25, 0.3) is 0 Å². The fourth-order valence-electron chi connectivity index (χ4n) is 4.69. The SMILES string of the molecule is CON(C)C(=O)[C@@H](CCCCC(C)(C)[Si](O)(c1ccccc1)c1ccccc1)CC(=O)OC(C)(C)C. The first-order valence-corrected chi connectivity index (χ1v) is 14.6. The summed E-state index contributed by atoms with van der Waals surface area (Å²) in [6.45, 7) is 9.73. The number of carbonyl (C=O) groups excluding carboxylic acids is 2. The van der Waals surface area contributed by atoms with E-state index in [1.165, 1.54) is 12.2 Å². The lowest BCUT2D eigenvalue weighted by Crippen LogP contribution is -2.65. The number of hydrogen-bond acceptors (Lipinski definition) is 5. The molecule has 0 aliphatic carbocycles. The molecule has 36 heavy (non-hydrogen) atoms. The monoisotopic (exact) mass is 513 g/mol. The molecule has 0 aliphatic rings. The van der Waals surface area contributed by atoms with Gasteiger partial charge in [0.25, 0.3) is 8.32 Å². The van der Waals surface area contributed by atoms with Gasteiger partial charge in [0, 0.05) is 7.05 Å². The Morgan fingerprint density at radius 1 is 0.917 bits per heavy atom. The maximum Gasteiger partial charge on any atom is 0.307 e. The highest BCUT2D eigenvalue weighted by Gasteiger charge is 2.49. The van der Waals surface area contributed by atoms with Crippen LogP contribution in [0.1, 0.15) is 66.7 Å². The molecule has 1 N–H and O–H groups in total. The minimum Gasteiger partial charge on any atom is -0.460 e. The van der Waals surface area contributed by atoms with Crippen molar-refractivity contribution in [1.29, 1.82) is 0 Å². The second-order valence-corrected chi connectivity index (χ2v) is 15.0. The van der Waals surface area contributed by atoms with E-state index in [0.29, 0.717) is 6.42 Å². The highest BCUT2D eigenvalue weighted by atomic mass is 28.4. The van der Waals surface area contributed by atoms with E-state index in [2.05, 4.69) is 13.8 Å². The summed E-state index contributed by atoms with van der Waals surface area (Å²) in [5, 5.41) is 2.79. The summed E-state index contributed by atoms with van der Waals surface area (Å²) in [4.78, 5) is 42.7. The number of hydroxylamine groups is 2. The van der Waals surface area contributed by atoms with Crippen molar-refractivity contribution in [3.05, 3.63) is 60.7 Å². The Morgan fingerprint density at radius 3 is 1.86 bits per heavy atom. The fraction of sp³-hybridized carbons (Fsp3) is 0.517. The van der Waals surface area contributed by atoms with Crippen molar-refractivity contribution in [2.45, 2.75) is 77.4 Å². The molecule has 2 rings (SSSR count). The molecule has 0 aromatic heterocycles. The molecule has 2 aromatic rings. The molecule has 6 nitrogen and oxygen atoms in total. The number of benzene rings is 2. The van der Waals surface area contributed by atoms with Crippen molar-refractivity contribution in [3.63, 3.8) is 0 Å². The fourth-order valence-corrected chi connectivity index (χ4v) is 8.47. The summed E-state index contributed by atoms with van der Waals surface area (Å²) >= 11 is 0. The first-order valence-electron chi connectivity index (χ1n) is 12.7. The summed E-state index contributed by atoms with van der Waals surface area (Å²) in [6.07, 6.45) is 2.90. The molecule has 0 aliphatic heterocycles. The predicted molar refractivity (Wildman–Crippen MR) is 146 cm³/mol. The van der Waals surface area contributed by atoms with Crippen LogP contribution < -0.4 is 10.4 Å². The van der Waals surface area contributed by atoms with E-state index < -0.39 is 19.8 Å². The van der Waals surface area contributed by atoms with Crippen molar-refractivity contribution >= 4 is 30.6 Å². The van der Waals surface area contributed by atoms with E-state index in [0.717, 1.165) is 29.6 Å². The molecule has 7 heteroatoms. The van der Waals surface area contributed by atoms with Crippen molar-refractivity contribution in [2.24, 2.45) is 5.92 Å². The normalized spacial score (nSPS) is 13.2. The molecule has 0 spiro atoms. The molecule has 1 amide bonds. The Kier molecular flexibility index (Phi) is 10.5. The number of nitrogens with zero attached hydrogens (tertiary/aromatic N) is 1. The Bertz CT molecular complexity index is 933. The predicted octanol–water partition coefficient (Wildman–Crippen LogP) is 4.45. The van der Waals surface area contributed by atoms with Gasteiger partial charge in [0.2, 0.25) is 5.91 Å². The van der Waals surface area contributed by atoms with Crippen LogP contribution in [-0.4, -0.2) is 49.8 Å². The van der Waals surface area contributed by atoms with Crippen molar-refractivity contribution in [1.82, 2.24) is 5.06 Å². The highest BCUT2D eigenvalue weighted by Crippen LogP contribution is 2.40. The molecular weight excluding hydrogens is 470 g/mol. The lowest BCUT2D eigenvalue weighted by atomic mass is 9.95. The second-order valence-electron chi connectivity index (χ2n) is 11.1. The Morgan fingerprint density at radius 2 is 1.42 bits per heavy atom. The van der Waals surface area contributed by atoms with Gasteiger partial charge in [0.05, 0.1) is 19.4 Å². The average Bonchev–Trinajstić information content (AvgIpc) is 2.84. The van der Waals surface area contributed by atoms with E-state index in [4.69, 9.17) is 9.57 Å². The van der Waals surface area contributed by atoms with Crippen molar-refractivity contribution < 1.29 is 24.0 Å². The molecule has 0 saturated heterocycles. The zero-order chi connectivity index (χ0) is 27.0. The van der Waals surface area contributed by atoms with Crippen LogP contribution in [-0.2, 0) is 19.2 Å². The summed E-state index contributed by atoms with van der Waals surface area (Å²) in [7, 11) is -0.0855. The van der Waals surface area contributed by atoms with Gasteiger partial charge in [-0.05, 0) is 49.0 Å². The molecule has 0 saturated carbocycles. The van der Waals surface area contributed by atoms with Crippen LogP contribution in [0.15, 0.2) is 60.7 Å². The van der Waals surface area contributed by atoms with Crippen LogP contribution in [0.4, 0.5) is 0 Å². The second kappa shape index (κ2) is 12.7. The standard InChI is InChI=1S/C29H43NO5Si/c1-28(2,3)35-26(31)22-23(27(32)30(6)34-7)16-14-15-21-29(4,5)36(33,24-17-10-8-11-18-24)25-19-12-9-13-20-25/h8-13,17-20,23,33H,14-16,21-22H2,1-7H3/t23-/m0/s1. The van der Waals surface area contributed by atoms with Crippen LogP contribution in [0.5, 0.6) is 0 Å². The molecule has 1 atom stereocenters. The molecule has 198 valence electrons. The van der Waals surface area contributed by atoms with E-state index in [1.807, 2.05) is 81.4 Å². The smallest absolute Gasteiger partial charge is 0.307 e. The molecule has 0 radical (unpaired) electrons. The van der Waals surface area contributed by atoms with Gasteiger partial charge >= 0.3 is 5.97 Å². The van der Waals surface area contributed by atoms with E-state index >= 15 is 0 Å². The van der Waals surface area contributed by atoms with Gasteiger partial charge in [-0.1, -0.05) is 87.4 Å². The molecule has 0 heterocycles. The zero-order valence-electron chi connectivity index (χ0n) is 22.9. The quantitative estimate of drug-likeness (QED) is 0.196. The maximum atomic E-state index is 12.9. The topological polar surface area (TPSA) is 76.1 Å². The van der Waals surface area contributed by atoms with Crippen LogP contribution >= 0.6 is 0 Å². The summed E-state index contributed by atoms with van der Waals surface area (Å²) in [5.41, 5.74) is -0.605. The number of ether oxygens (including phenoxy) is 1. The van der Waals surface area contributed by atoms with E-state index in [9.17, 15) is 14.4 Å². The van der Waals surface area contributed by atoms with Gasteiger partial charge in [-0.15, -0.1) is 0 Å². The average molecular weight is 514 g/mol. The molecule has 0 fully saturated rings. The van der Waals surface area contributed by atoms with E-state index in [1.54, 1.807) is 7.05 Å². The van der Waals surface area contributed by atoms with Gasteiger partial charge in [-0.3, -0.25) is 14.4 Å². The highest BCUT2D eigenvalue weighted by molar-refractivity contribution is 6.98. The summed E-state index contributed by atoms with van der Waals surface area (Å²) in [6, 6.07) is 19.9. The summed E-state index contributed by atoms with van der Waals surface area (Å²) < 4.78 is 5.46. The Balaban J connectivity index is 2.15. The molecule has 0 unspecified atom stereocenters. The Labute approximate surface area is 217 Å². The van der Waals surface area contributed by atoms with Gasteiger partial charge in [0.1, 0.15) is 5.60 Å². The summed E-state index contributed by atoms with van der Waals surface area (Å²) in [5.74, 6) is -1.14. The largest absolute Gasteiger partial charge is 0.460 e. The van der Waals surface area contributed by atoms with Crippen LogP contribution in [0.3, 0.4) is 0 Å². The molecule has 2 aromatic carbocycles. The van der Waals surface area contributed by atoms with Gasteiger partial charge in [-0.25, -0.2) is 5.06 Å². The third-order valence-electron chi connectivity index (χ3n) is 6.73. The van der Waals surface area contributed by atoms with Crippen LogP contribution in [0.2, 0.25) is 5.04 Å². The number of hydrogen-bond donors (Lipinski definition) is 1. The number of amides is 1. The third kappa shape index (κ3) is 7.76. The minimum absolute atomic E-state index is 0.0138. The maximum absolute atomic E-state index is 12.9. The first kappa shape index (κ1) is 29.7. The number of unbranched alkanes of at least 4 members (excludes halogenated alkanes) is 1. The van der Waals surface area contributed by atoms with E-state index in [-0.39, 0.29) is 23.3 Å². The zero-order valence-corrected chi connectivity index (χ0v) is 23.9. The molecule has 0 bridgehead atoms. The van der Waals surface area contributed by atoms with Crippen molar-refractivity contribution in [2.75, 3.05) is 14.2 Å². The number of esters is 1. The van der Waals surface area contributed by atoms with Crippen LogP contribution in [0, 0.1) is 5.92 Å².